The Kier molecular flexibility index (Phi) is 5.74. The quantitative estimate of drug-likeness (QED) is 0.621. The van der Waals surface area contributed by atoms with Crippen LogP contribution in [0.2, 0.25) is 0 Å². The number of carbonyl (C=O) groups is 1. The Morgan fingerprint density at radius 1 is 1.07 bits per heavy atom. The maximum absolute atomic E-state index is 11.5. The van der Waals surface area contributed by atoms with Crippen LogP contribution < -0.4 is 0 Å². The average Bonchev–Trinajstić information content (AvgIpc) is 3.18. The molecule has 0 saturated heterocycles. The van der Waals surface area contributed by atoms with Gasteiger partial charge in [0, 0.05) is 12.3 Å². The minimum atomic E-state index is -0.907. The van der Waals surface area contributed by atoms with Crippen LogP contribution in [0.25, 0.3) is 11.1 Å². The van der Waals surface area contributed by atoms with Crippen LogP contribution >= 0.6 is 0 Å². The Morgan fingerprint density at radius 3 is 2.48 bits per heavy atom. The molecule has 0 spiro atoms. The number of benzene rings is 2. The molecule has 29 heavy (non-hydrogen) atoms. The number of aromatic carboxylic acids is 1. The fourth-order valence-corrected chi connectivity index (χ4v) is 4.20. The molecule has 5 nitrogen and oxygen atoms in total. The van der Waals surface area contributed by atoms with Crippen molar-refractivity contribution in [3.63, 3.8) is 0 Å². The zero-order chi connectivity index (χ0) is 20.2. The lowest BCUT2D eigenvalue weighted by Gasteiger charge is -2.18. The van der Waals surface area contributed by atoms with Crippen LogP contribution in [0.1, 0.15) is 72.5 Å². The summed E-state index contributed by atoms with van der Waals surface area (Å²) in [7, 11) is 0. The Morgan fingerprint density at radius 2 is 1.79 bits per heavy atom. The smallest absolute Gasteiger partial charge is 0.336 e. The normalized spacial score (nSPS) is 14.8. The maximum atomic E-state index is 11.5. The Hall–Kier alpha value is -2.95. The van der Waals surface area contributed by atoms with E-state index in [2.05, 4.69) is 19.1 Å². The maximum Gasteiger partial charge on any atom is 0.336 e. The molecule has 1 fully saturated rings. The summed E-state index contributed by atoms with van der Waals surface area (Å²) in [4.78, 5) is 16.3. The second-order valence-corrected chi connectivity index (χ2v) is 7.78. The van der Waals surface area contributed by atoms with E-state index in [0.717, 1.165) is 34.8 Å². The van der Waals surface area contributed by atoms with Crippen LogP contribution in [0.5, 0.6) is 0 Å². The van der Waals surface area contributed by atoms with Crippen molar-refractivity contribution < 1.29 is 9.90 Å². The molecule has 1 aromatic heterocycles. The van der Waals surface area contributed by atoms with Crippen molar-refractivity contribution >= 4 is 5.97 Å². The molecule has 0 amide bonds. The highest BCUT2D eigenvalue weighted by molar-refractivity contribution is 5.95. The third-order valence-electron chi connectivity index (χ3n) is 5.81. The minimum absolute atomic E-state index is 0.321. The largest absolute Gasteiger partial charge is 0.478 e. The summed E-state index contributed by atoms with van der Waals surface area (Å²) in [6, 6.07) is 15.2. The Labute approximate surface area is 171 Å². The van der Waals surface area contributed by atoms with Crippen molar-refractivity contribution in [2.75, 3.05) is 0 Å². The van der Waals surface area contributed by atoms with Crippen molar-refractivity contribution in [1.82, 2.24) is 14.8 Å². The number of carboxylic acid groups (broad SMARTS) is 1. The van der Waals surface area contributed by atoms with E-state index in [1.165, 1.54) is 32.1 Å². The van der Waals surface area contributed by atoms with E-state index in [1.54, 1.807) is 12.1 Å². The number of hydrogen-bond acceptors (Lipinski definition) is 3. The number of aromatic nitrogens is 3. The van der Waals surface area contributed by atoms with Crippen LogP contribution in [0.15, 0.2) is 48.5 Å². The van der Waals surface area contributed by atoms with Gasteiger partial charge in [-0.2, -0.15) is 5.10 Å². The third kappa shape index (κ3) is 4.24. The van der Waals surface area contributed by atoms with Gasteiger partial charge in [-0.1, -0.05) is 68.7 Å². The van der Waals surface area contributed by atoms with Crippen LogP contribution in [0.4, 0.5) is 0 Å². The van der Waals surface area contributed by atoms with Gasteiger partial charge in [-0.05, 0) is 35.6 Å². The van der Waals surface area contributed by atoms with Crippen LogP contribution in [-0.2, 0) is 13.0 Å². The monoisotopic (exact) mass is 389 g/mol. The molecule has 2 aromatic carbocycles. The zero-order valence-corrected chi connectivity index (χ0v) is 16.8. The highest BCUT2D eigenvalue weighted by atomic mass is 16.4. The predicted molar refractivity (Wildman–Crippen MR) is 113 cm³/mol. The Bertz CT molecular complexity index is 986. The number of carboxylic acids is 1. The van der Waals surface area contributed by atoms with Crippen molar-refractivity contribution in [3.05, 3.63) is 71.3 Å². The average molecular weight is 389 g/mol. The summed E-state index contributed by atoms with van der Waals surface area (Å²) in [5, 5.41) is 14.3. The van der Waals surface area contributed by atoms with Gasteiger partial charge in [0.15, 0.2) is 5.82 Å². The molecule has 0 radical (unpaired) electrons. The predicted octanol–water partition coefficient (Wildman–Crippen LogP) is 5.30. The summed E-state index contributed by atoms with van der Waals surface area (Å²) in [5.74, 6) is 1.64. The number of nitrogens with zero attached hydrogens (tertiary/aromatic N) is 3. The molecular weight excluding hydrogens is 362 g/mol. The molecule has 150 valence electrons. The first-order valence-electron chi connectivity index (χ1n) is 10.5. The van der Waals surface area contributed by atoms with Crippen molar-refractivity contribution in [2.24, 2.45) is 0 Å². The highest BCUT2D eigenvalue weighted by Crippen LogP contribution is 2.31. The van der Waals surface area contributed by atoms with Gasteiger partial charge in [-0.15, -0.1) is 0 Å². The molecule has 1 N–H and O–H groups in total. The number of hydrogen-bond donors (Lipinski definition) is 1. The van der Waals surface area contributed by atoms with Gasteiger partial charge in [0.1, 0.15) is 5.82 Å². The van der Waals surface area contributed by atoms with E-state index >= 15 is 0 Å². The van der Waals surface area contributed by atoms with Crippen molar-refractivity contribution in [1.29, 1.82) is 0 Å². The summed E-state index contributed by atoms with van der Waals surface area (Å²) in [6.07, 6.45) is 7.15. The molecule has 1 saturated carbocycles. The second kappa shape index (κ2) is 8.60. The molecule has 0 bridgehead atoms. The van der Waals surface area contributed by atoms with Gasteiger partial charge < -0.3 is 5.11 Å². The molecule has 0 unspecified atom stereocenters. The summed E-state index contributed by atoms with van der Waals surface area (Å²) in [6.45, 7) is 2.81. The first kappa shape index (κ1) is 19.4. The third-order valence-corrected chi connectivity index (χ3v) is 5.81. The van der Waals surface area contributed by atoms with E-state index < -0.39 is 5.97 Å². The molecule has 1 aliphatic carbocycles. The highest BCUT2D eigenvalue weighted by Gasteiger charge is 2.21. The van der Waals surface area contributed by atoms with E-state index in [1.807, 2.05) is 28.9 Å². The number of rotatable bonds is 6. The van der Waals surface area contributed by atoms with Crippen molar-refractivity contribution in [2.45, 2.75) is 57.9 Å². The first-order valence-corrected chi connectivity index (χ1v) is 10.5. The van der Waals surface area contributed by atoms with Gasteiger partial charge in [0.25, 0.3) is 0 Å². The first-order chi connectivity index (χ1) is 14.2. The standard InChI is InChI=1S/C24H27N3O2/c1-2-22-25-23(19-8-4-3-5-9-19)26-27(22)16-17-12-14-18(15-13-17)20-10-6-7-11-21(20)24(28)29/h6-7,10-15,19H,2-5,8-9,16H2,1H3,(H,28,29). The molecule has 1 aliphatic rings. The van der Waals surface area contributed by atoms with E-state index in [9.17, 15) is 9.90 Å². The molecule has 1 heterocycles. The number of aryl methyl sites for hydroxylation is 1. The zero-order valence-electron chi connectivity index (χ0n) is 16.8. The second-order valence-electron chi connectivity index (χ2n) is 7.78. The molecule has 5 heteroatoms. The lowest BCUT2D eigenvalue weighted by molar-refractivity contribution is 0.0697. The van der Waals surface area contributed by atoms with E-state index in [0.29, 0.717) is 18.0 Å². The summed E-state index contributed by atoms with van der Waals surface area (Å²) < 4.78 is 2.03. The lowest BCUT2D eigenvalue weighted by Crippen LogP contribution is -2.08. The molecule has 3 aromatic rings. The van der Waals surface area contributed by atoms with Gasteiger partial charge in [0.2, 0.25) is 0 Å². The Balaban J connectivity index is 1.55. The fourth-order valence-electron chi connectivity index (χ4n) is 4.20. The topological polar surface area (TPSA) is 68.0 Å². The van der Waals surface area contributed by atoms with Gasteiger partial charge in [-0.3, -0.25) is 0 Å². The van der Waals surface area contributed by atoms with Crippen LogP contribution in [0.3, 0.4) is 0 Å². The van der Waals surface area contributed by atoms with E-state index in [-0.39, 0.29) is 0 Å². The van der Waals surface area contributed by atoms with Gasteiger partial charge in [0.05, 0.1) is 12.1 Å². The molecule has 0 aliphatic heterocycles. The molecule has 0 atom stereocenters. The fraction of sp³-hybridized carbons (Fsp3) is 0.375. The molecule has 4 rings (SSSR count). The van der Waals surface area contributed by atoms with Crippen LogP contribution in [-0.4, -0.2) is 25.8 Å². The summed E-state index contributed by atoms with van der Waals surface area (Å²) >= 11 is 0. The SMILES string of the molecule is CCc1nc(C2CCCCC2)nn1Cc1ccc(-c2ccccc2C(=O)O)cc1. The summed E-state index contributed by atoms with van der Waals surface area (Å²) in [5.41, 5.74) is 3.10. The van der Waals surface area contributed by atoms with E-state index in [4.69, 9.17) is 10.1 Å². The molecular formula is C24H27N3O2. The van der Waals surface area contributed by atoms with Crippen LogP contribution in [0, 0.1) is 0 Å². The minimum Gasteiger partial charge on any atom is -0.478 e. The van der Waals surface area contributed by atoms with Gasteiger partial charge in [-0.25, -0.2) is 14.5 Å². The van der Waals surface area contributed by atoms with Gasteiger partial charge >= 0.3 is 5.97 Å². The van der Waals surface area contributed by atoms with Crippen molar-refractivity contribution in [3.8, 4) is 11.1 Å². The lowest BCUT2D eigenvalue weighted by atomic mass is 9.89.